The van der Waals surface area contributed by atoms with Crippen molar-refractivity contribution in [2.75, 3.05) is 43.8 Å². The number of nitrogens with zero attached hydrogens (tertiary/aromatic N) is 4. The lowest BCUT2D eigenvalue weighted by molar-refractivity contribution is -0.141. The Kier molecular flexibility index (Phi) is 10.5. The first-order valence-electron chi connectivity index (χ1n) is 8.73. The van der Waals surface area contributed by atoms with E-state index >= 15 is 0 Å². The third-order valence-electron chi connectivity index (χ3n) is 3.83. The van der Waals surface area contributed by atoms with Gasteiger partial charge in [-0.2, -0.15) is 24.9 Å². The molecule has 0 saturated carbocycles. The second kappa shape index (κ2) is 11.8. The zero-order chi connectivity index (χ0) is 19.0. The molecule has 1 aliphatic rings. The van der Waals surface area contributed by atoms with Crippen LogP contribution in [0.15, 0.2) is 17.3 Å². The van der Waals surface area contributed by atoms with Crippen LogP contribution in [0.3, 0.4) is 0 Å². The summed E-state index contributed by atoms with van der Waals surface area (Å²) in [5.74, 6) is 1.87. The first-order chi connectivity index (χ1) is 12.4. The molecular weight excluding hydrogens is 492 g/mol. The van der Waals surface area contributed by atoms with Crippen LogP contribution in [0, 0.1) is 0 Å². The number of guanidine groups is 1. The van der Waals surface area contributed by atoms with Gasteiger partial charge in [-0.3, -0.25) is 4.99 Å². The van der Waals surface area contributed by atoms with Crippen molar-refractivity contribution in [2.45, 2.75) is 31.7 Å². The monoisotopic (exact) mass is 518 g/mol. The average molecular weight is 518 g/mol. The number of nitrogens with one attached hydrogen (secondary N) is 2. The van der Waals surface area contributed by atoms with Crippen LogP contribution in [0.1, 0.15) is 26.0 Å². The SMILES string of the molecule is CCNC(=NCCNc1nccc(C(F)(F)F)n1)N1CCSC(CC)C1.I. The maximum atomic E-state index is 12.7. The molecule has 0 aliphatic carbocycles. The molecular formula is C16H26F3IN6S. The van der Waals surface area contributed by atoms with Crippen molar-refractivity contribution in [3.63, 3.8) is 0 Å². The van der Waals surface area contributed by atoms with Crippen LogP contribution in [0.5, 0.6) is 0 Å². The van der Waals surface area contributed by atoms with Gasteiger partial charge in [-0.25, -0.2) is 9.97 Å². The summed E-state index contributed by atoms with van der Waals surface area (Å²) in [4.78, 5) is 14.1. The Hall–Kier alpha value is -0.980. The molecule has 2 heterocycles. The predicted octanol–water partition coefficient (Wildman–Crippen LogP) is 3.32. The van der Waals surface area contributed by atoms with E-state index in [1.54, 1.807) is 0 Å². The van der Waals surface area contributed by atoms with Gasteiger partial charge in [0.2, 0.25) is 5.95 Å². The number of hydrogen-bond donors (Lipinski definition) is 2. The fourth-order valence-electron chi connectivity index (χ4n) is 2.52. The van der Waals surface area contributed by atoms with Crippen molar-refractivity contribution in [3.8, 4) is 0 Å². The maximum Gasteiger partial charge on any atom is 0.433 e. The third kappa shape index (κ3) is 7.88. The highest BCUT2D eigenvalue weighted by Crippen LogP contribution is 2.27. The molecule has 1 saturated heterocycles. The van der Waals surface area contributed by atoms with Crippen LogP contribution in [-0.4, -0.2) is 64.6 Å². The lowest BCUT2D eigenvalue weighted by Crippen LogP contribution is -2.48. The Morgan fingerprint density at radius 3 is 2.85 bits per heavy atom. The van der Waals surface area contributed by atoms with Crippen LogP contribution < -0.4 is 10.6 Å². The molecule has 27 heavy (non-hydrogen) atoms. The van der Waals surface area contributed by atoms with Gasteiger partial charge >= 0.3 is 6.18 Å². The van der Waals surface area contributed by atoms with Crippen molar-refractivity contribution in [1.29, 1.82) is 0 Å². The summed E-state index contributed by atoms with van der Waals surface area (Å²) < 4.78 is 38.0. The molecule has 1 unspecified atom stereocenters. The first kappa shape index (κ1) is 24.1. The molecule has 6 nitrogen and oxygen atoms in total. The maximum absolute atomic E-state index is 12.7. The van der Waals surface area contributed by atoms with E-state index in [-0.39, 0.29) is 29.9 Å². The molecule has 1 fully saturated rings. The van der Waals surface area contributed by atoms with Gasteiger partial charge in [0.1, 0.15) is 5.69 Å². The lowest BCUT2D eigenvalue weighted by Gasteiger charge is -2.34. The minimum atomic E-state index is -4.47. The number of aliphatic imine (C=N–C) groups is 1. The number of rotatable bonds is 6. The molecule has 1 aromatic rings. The molecule has 1 aromatic heterocycles. The quantitative estimate of drug-likeness (QED) is 0.261. The largest absolute Gasteiger partial charge is 0.433 e. The van der Waals surface area contributed by atoms with Crippen molar-refractivity contribution >= 4 is 47.6 Å². The molecule has 1 atom stereocenters. The smallest absolute Gasteiger partial charge is 0.357 e. The van der Waals surface area contributed by atoms with Gasteiger partial charge in [0, 0.05) is 43.4 Å². The number of anilines is 1. The number of halogens is 4. The highest BCUT2D eigenvalue weighted by atomic mass is 127. The second-order valence-electron chi connectivity index (χ2n) is 5.77. The van der Waals surface area contributed by atoms with Gasteiger partial charge in [-0.1, -0.05) is 6.92 Å². The van der Waals surface area contributed by atoms with E-state index < -0.39 is 11.9 Å². The van der Waals surface area contributed by atoms with E-state index in [1.165, 1.54) is 0 Å². The van der Waals surface area contributed by atoms with Crippen LogP contribution in [0.4, 0.5) is 19.1 Å². The zero-order valence-corrected chi connectivity index (χ0v) is 18.6. The van der Waals surface area contributed by atoms with E-state index in [0.29, 0.717) is 18.3 Å². The topological polar surface area (TPSA) is 65.4 Å². The Bertz CT molecular complexity index is 602. The molecule has 11 heteroatoms. The minimum Gasteiger partial charge on any atom is -0.357 e. The minimum absolute atomic E-state index is 0. The van der Waals surface area contributed by atoms with E-state index in [0.717, 1.165) is 50.0 Å². The van der Waals surface area contributed by atoms with E-state index in [2.05, 4.69) is 37.4 Å². The summed E-state index contributed by atoms with van der Waals surface area (Å²) in [5.41, 5.74) is -0.955. The van der Waals surface area contributed by atoms with E-state index in [9.17, 15) is 13.2 Å². The summed E-state index contributed by atoms with van der Waals surface area (Å²) in [6.45, 7) is 7.64. The van der Waals surface area contributed by atoms with Gasteiger partial charge in [0.05, 0.1) is 6.54 Å². The van der Waals surface area contributed by atoms with Crippen LogP contribution in [0.2, 0.25) is 0 Å². The second-order valence-corrected chi connectivity index (χ2v) is 7.18. The van der Waals surface area contributed by atoms with Gasteiger partial charge in [0.25, 0.3) is 0 Å². The zero-order valence-electron chi connectivity index (χ0n) is 15.4. The fraction of sp³-hybridized carbons (Fsp3) is 0.688. The van der Waals surface area contributed by atoms with Crippen LogP contribution in [0.25, 0.3) is 0 Å². The van der Waals surface area contributed by atoms with Crippen LogP contribution in [-0.2, 0) is 6.18 Å². The molecule has 0 amide bonds. The Labute approximate surface area is 179 Å². The number of hydrogen-bond acceptors (Lipinski definition) is 5. The Balaban J connectivity index is 0.00000364. The third-order valence-corrected chi connectivity index (χ3v) is 5.20. The van der Waals surface area contributed by atoms with Crippen molar-refractivity contribution < 1.29 is 13.2 Å². The molecule has 0 radical (unpaired) electrons. The van der Waals surface area contributed by atoms with E-state index in [1.807, 2.05) is 18.7 Å². The molecule has 2 N–H and O–H groups in total. The molecule has 0 aromatic carbocycles. The predicted molar refractivity (Wildman–Crippen MR) is 115 cm³/mol. The normalized spacial score (nSPS) is 18.0. The summed E-state index contributed by atoms with van der Waals surface area (Å²) in [5, 5.41) is 6.68. The lowest BCUT2D eigenvalue weighted by atomic mass is 10.3. The standard InChI is InChI=1S/C16H25F3N6S.HI/c1-3-12-11-25(9-10-26-12)15(20-4-2)23-8-7-22-14-21-6-5-13(24-14)16(17,18)19;/h5-6,12H,3-4,7-11H2,1-2H3,(H,20,23)(H,21,22,24);1H. The summed E-state index contributed by atoms with van der Waals surface area (Å²) in [6, 6.07) is 0.852. The number of thioether (sulfide) groups is 1. The van der Waals surface area contributed by atoms with Gasteiger partial charge in [-0.05, 0) is 19.4 Å². The van der Waals surface area contributed by atoms with Crippen molar-refractivity contribution in [2.24, 2.45) is 4.99 Å². The number of alkyl halides is 3. The average Bonchev–Trinajstić information content (AvgIpc) is 2.64. The van der Waals surface area contributed by atoms with Gasteiger partial charge < -0.3 is 15.5 Å². The first-order valence-corrected chi connectivity index (χ1v) is 9.77. The molecule has 0 spiro atoms. The van der Waals surface area contributed by atoms with Crippen molar-refractivity contribution in [3.05, 3.63) is 18.0 Å². The summed E-state index contributed by atoms with van der Waals surface area (Å²) in [6.07, 6.45) is -2.26. The van der Waals surface area contributed by atoms with E-state index in [4.69, 9.17) is 0 Å². The highest BCUT2D eigenvalue weighted by Gasteiger charge is 2.32. The highest BCUT2D eigenvalue weighted by molar-refractivity contribution is 14.0. The summed E-state index contributed by atoms with van der Waals surface area (Å²) in [7, 11) is 0. The molecule has 2 rings (SSSR count). The van der Waals surface area contributed by atoms with Crippen molar-refractivity contribution in [1.82, 2.24) is 20.2 Å². The molecule has 0 bridgehead atoms. The fourth-order valence-corrected chi connectivity index (χ4v) is 3.70. The Morgan fingerprint density at radius 2 is 2.19 bits per heavy atom. The Morgan fingerprint density at radius 1 is 1.41 bits per heavy atom. The summed E-state index contributed by atoms with van der Waals surface area (Å²) >= 11 is 1.99. The van der Waals surface area contributed by atoms with Gasteiger partial charge in [0.15, 0.2) is 5.96 Å². The molecule has 1 aliphatic heterocycles. The van der Waals surface area contributed by atoms with Gasteiger partial charge in [-0.15, -0.1) is 24.0 Å². The molecule has 154 valence electrons. The van der Waals surface area contributed by atoms with Crippen LogP contribution >= 0.6 is 35.7 Å². The number of aromatic nitrogens is 2.